The standard InChI is InChI=1S/C22H31N3O/c23-20-3-1-2-16(11-20)15-24-4-6-25(7-5-24)21(26)22-12-17-8-18(13-22)10-19(9-17)14-22/h1-3,11,17-19H,4-10,12-15,23H2. The molecular formula is C22H31N3O. The highest BCUT2D eigenvalue weighted by Crippen LogP contribution is 2.60. The lowest BCUT2D eigenvalue weighted by atomic mass is 9.49. The maximum absolute atomic E-state index is 13.5. The van der Waals surface area contributed by atoms with Crippen molar-refractivity contribution in [3.05, 3.63) is 29.8 Å². The number of carbonyl (C=O) groups excluding carboxylic acids is 1. The van der Waals surface area contributed by atoms with Crippen LogP contribution < -0.4 is 5.73 Å². The number of rotatable bonds is 3. The van der Waals surface area contributed by atoms with Gasteiger partial charge in [0.1, 0.15) is 0 Å². The van der Waals surface area contributed by atoms with Crippen LogP contribution in [-0.4, -0.2) is 41.9 Å². The number of nitrogens with two attached hydrogens (primary N) is 1. The highest BCUT2D eigenvalue weighted by molar-refractivity contribution is 5.83. The van der Waals surface area contributed by atoms with Gasteiger partial charge in [0.05, 0.1) is 5.41 Å². The molecule has 2 N–H and O–H groups in total. The van der Waals surface area contributed by atoms with Crippen LogP contribution in [-0.2, 0) is 11.3 Å². The lowest BCUT2D eigenvalue weighted by molar-refractivity contribution is -0.159. The number of carbonyl (C=O) groups is 1. The molecule has 4 aliphatic carbocycles. The van der Waals surface area contributed by atoms with Crippen LogP contribution in [0.25, 0.3) is 0 Å². The van der Waals surface area contributed by atoms with E-state index in [1.165, 1.54) is 44.1 Å². The quantitative estimate of drug-likeness (QED) is 0.850. The Morgan fingerprint density at radius 2 is 1.62 bits per heavy atom. The third-order valence-corrected chi connectivity index (χ3v) is 7.51. The zero-order valence-electron chi connectivity index (χ0n) is 15.7. The van der Waals surface area contributed by atoms with Crippen molar-refractivity contribution in [3.63, 3.8) is 0 Å². The average molecular weight is 354 g/mol. The van der Waals surface area contributed by atoms with Crippen molar-refractivity contribution in [2.45, 2.75) is 45.1 Å². The molecule has 4 nitrogen and oxygen atoms in total. The minimum Gasteiger partial charge on any atom is -0.399 e. The first kappa shape index (κ1) is 16.6. The molecule has 0 radical (unpaired) electrons. The van der Waals surface area contributed by atoms with Crippen molar-refractivity contribution in [3.8, 4) is 0 Å². The van der Waals surface area contributed by atoms with Gasteiger partial charge in [-0.25, -0.2) is 0 Å². The number of hydrogen-bond donors (Lipinski definition) is 1. The predicted molar refractivity (Wildman–Crippen MR) is 103 cm³/mol. The van der Waals surface area contributed by atoms with Crippen LogP contribution in [0.2, 0.25) is 0 Å². The molecule has 1 saturated heterocycles. The predicted octanol–water partition coefficient (Wildman–Crippen LogP) is 3.13. The molecule has 0 atom stereocenters. The average Bonchev–Trinajstić information content (AvgIpc) is 2.61. The molecule has 1 amide bonds. The molecule has 0 aromatic heterocycles. The summed E-state index contributed by atoms with van der Waals surface area (Å²) in [6.07, 6.45) is 7.76. The highest BCUT2D eigenvalue weighted by atomic mass is 16.2. The first-order valence-electron chi connectivity index (χ1n) is 10.5. The van der Waals surface area contributed by atoms with E-state index in [1.807, 2.05) is 12.1 Å². The van der Waals surface area contributed by atoms with E-state index in [2.05, 4.69) is 21.9 Å². The number of nitrogen functional groups attached to an aromatic ring is 1. The fourth-order valence-electron chi connectivity index (χ4n) is 6.77. The van der Waals surface area contributed by atoms with Crippen LogP contribution in [0.1, 0.15) is 44.1 Å². The van der Waals surface area contributed by atoms with E-state index in [-0.39, 0.29) is 5.41 Å². The summed E-state index contributed by atoms with van der Waals surface area (Å²) in [7, 11) is 0. The number of piperazine rings is 1. The van der Waals surface area contributed by atoms with Gasteiger partial charge in [0, 0.05) is 38.4 Å². The first-order chi connectivity index (χ1) is 12.6. The molecule has 1 aromatic rings. The fraction of sp³-hybridized carbons (Fsp3) is 0.682. The molecular weight excluding hydrogens is 322 g/mol. The monoisotopic (exact) mass is 353 g/mol. The largest absolute Gasteiger partial charge is 0.399 e. The molecule has 26 heavy (non-hydrogen) atoms. The van der Waals surface area contributed by atoms with Crippen molar-refractivity contribution < 1.29 is 4.79 Å². The highest BCUT2D eigenvalue weighted by Gasteiger charge is 2.55. The second-order valence-electron chi connectivity index (χ2n) is 9.51. The minimum absolute atomic E-state index is 0.0187. The molecule has 5 fully saturated rings. The van der Waals surface area contributed by atoms with Crippen LogP contribution in [0.4, 0.5) is 5.69 Å². The molecule has 0 spiro atoms. The summed E-state index contributed by atoms with van der Waals surface area (Å²) in [5, 5.41) is 0. The summed E-state index contributed by atoms with van der Waals surface area (Å²) in [6, 6.07) is 8.17. The van der Waals surface area contributed by atoms with Gasteiger partial charge < -0.3 is 10.6 Å². The second-order valence-corrected chi connectivity index (χ2v) is 9.51. The topological polar surface area (TPSA) is 49.6 Å². The SMILES string of the molecule is Nc1cccc(CN2CCN(C(=O)C34CC5CC(CC(C5)C3)C4)CC2)c1. The molecule has 1 heterocycles. The van der Waals surface area contributed by atoms with Crippen LogP contribution in [0.5, 0.6) is 0 Å². The van der Waals surface area contributed by atoms with Crippen molar-refractivity contribution in [1.82, 2.24) is 9.80 Å². The number of anilines is 1. The smallest absolute Gasteiger partial charge is 0.228 e. The van der Waals surface area contributed by atoms with Crippen molar-refractivity contribution >= 4 is 11.6 Å². The maximum atomic E-state index is 13.5. The Kier molecular flexibility index (Phi) is 4.00. The molecule has 1 aromatic carbocycles. The summed E-state index contributed by atoms with van der Waals surface area (Å²) >= 11 is 0. The van der Waals surface area contributed by atoms with Gasteiger partial charge in [-0.05, 0) is 74.0 Å². The van der Waals surface area contributed by atoms with E-state index >= 15 is 0 Å². The summed E-state index contributed by atoms with van der Waals surface area (Å²) < 4.78 is 0. The van der Waals surface area contributed by atoms with E-state index in [4.69, 9.17) is 5.73 Å². The van der Waals surface area contributed by atoms with E-state index in [0.29, 0.717) is 5.91 Å². The number of nitrogens with zero attached hydrogens (tertiary/aromatic N) is 2. The summed E-state index contributed by atoms with van der Waals surface area (Å²) in [5.41, 5.74) is 8.02. The van der Waals surface area contributed by atoms with Gasteiger partial charge in [-0.3, -0.25) is 9.69 Å². The lowest BCUT2D eigenvalue weighted by Crippen LogP contribution is -2.58. The van der Waals surface area contributed by atoms with Gasteiger partial charge in [-0.15, -0.1) is 0 Å². The van der Waals surface area contributed by atoms with Crippen LogP contribution in [0.3, 0.4) is 0 Å². The van der Waals surface area contributed by atoms with Gasteiger partial charge in [0.15, 0.2) is 0 Å². The van der Waals surface area contributed by atoms with Crippen LogP contribution >= 0.6 is 0 Å². The Morgan fingerprint density at radius 3 is 2.19 bits per heavy atom. The van der Waals surface area contributed by atoms with E-state index in [9.17, 15) is 4.79 Å². The van der Waals surface area contributed by atoms with Gasteiger partial charge in [-0.1, -0.05) is 12.1 Å². The third-order valence-electron chi connectivity index (χ3n) is 7.51. The zero-order chi connectivity index (χ0) is 17.7. The van der Waals surface area contributed by atoms with Crippen molar-refractivity contribution in [1.29, 1.82) is 0 Å². The molecule has 0 unspecified atom stereocenters. The third kappa shape index (κ3) is 2.92. The van der Waals surface area contributed by atoms with Crippen LogP contribution in [0, 0.1) is 23.2 Å². The van der Waals surface area contributed by atoms with Gasteiger partial charge in [0.2, 0.25) is 5.91 Å². The van der Waals surface area contributed by atoms with Gasteiger partial charge in [0.25, 0.3) is 0 Å². The second kappa shape index (κ2) is 6.26. The minimum atomic E-state index is 0.0187. The molecule has 140 valence electrons. The fourth-order valence-corrected chi connectivity index (χ4v) is 6.77. The molecule has 4 saturated carbocycles. The Bertz CT molecular complexity index is 657. The van der Waals surface area contributed by atoms with E-state index < -0.39 is 0 Å². The van der Waals surface area contributed by atoms with Crippen molar-refractivity contribution in [2.24, 2.45) is 23.2 Å². The Balaban J connectivity index is 1.21. The normalized spacial score (nSPS) is 36.5. The maximum Gasteiger partial charge on any atom is 0.228 e. The van der Waals surface area contributed by atoms with Crippen molar-refractivity contribution in [2.75, 3.05) is 31.9 Å². The number of amides is 1. The summed E-state index contributed by atoms with van der Waals surface area (Å²) in [4.78, 5) is 18.1. The molecule has 5 aliphatic rings. The molecule has 4 heteroatoms. The zero-order valence-corrected chi connectivity index (χ0v) is 15.7. The van der Waals surface area contributed by atoms with Gasteiger partial charge in [-0.2, -0.15) is 0 Å². The lowest BCUT2D eigenvalue weighted by Gasteiger charge is -2.57. The van der Waals surface area contributed by atoms with Crippen LogP contribution in [0.15, 0.2) is 24.3 Å². The Morgan fingerprint density at radius 1 is 1.00 bits per heavy atom. The Labute approximate surface area is 156 Å². The molecule has 4 bridgehead atoms. The number of hydrogen-bond acceptors (Lipinski definition) is 3. The first-order valence-corrected chi connectivity index (χ1v) is 10.5. The summed E-state index contributed by atoms with van der Waals surface area (Å²) in [5.74, 6) is 3.03. The Hall–Kier alpha value is -1.55. The molecule has 1 aliphatic heterocycles. The van der Waals surface area contributed by atoms with Gasteiger partial charge >= 0.3 is 0 Å². The van der Waals surface area contributed by atoms with E-state index in [0.717, 1.165) is 56.2 Å². The summed E-state index contributed by atoms with van der Waals surface area (Å²) in [6.45, 7) is 4.68. The number of benzene rings is 1. The van der Waals surface area contributed by atoms with E-state index in [1.54, 1.807) is 0 Å². The molecule has 6 rings (SSSR count).